The normalized spacial score (nSPS) is 15.2. The van der Waals surface area contributed by atoms with Crippen molar-refractivity contribution in [2.24, 2.45) is 0 Å². The molecule has 0 bridgehead atoms. The minimum absolute atomic E-state index is 0.0903. The number of hydrogen-bond acceptors (Lipinski definition) is 2. The standard InChI is InChI=1S/C19H13ClN2O/c20-17-7-3-4-8-18(17)22-15(9-10-21-22)12-14-11-13-5-1-2-6-16(13)19(14)23/h1-10,12H,11H2. The third-order valence-electron chi connectivity index (χ3n) is 4.01. The lowest BCUT2D eigenvalue weighted by Gasteiger charge is -2.07. The van der Waals surface area contributed by atoms with E-state index in [0.29, 0.717) is 11.4 Å². The van der Waals surface area contributed by atoms with E-state index in [1.54, 1.807) is 10.9 Å². The highest BCUT2D eigenvalue weighted by Crippen LogP contribution is 2.28. The van der Waals surface area contributed by atoms with Crippen LogP contribution in [-0.4, -0.2) is 15.6 Å². The molecule has 1 heterocycles. The van der Waals surface area contributed by atoms with Crippen LogP contribution >= 0.6 is 11.6 Å². The molecule has 0 radical (unpaired) electrons. The molecule has 0 amide bonds. The summed E-state index contributed by atoms with van der Waals surface area (Å²) in [6, 6.07) is 17.1. The van der Waals surface area contributed by atoms with Gasteiger partial charge >= 0.3 is 0 Å². The fraction of sp³-hybridized carbons (Fsp3) is 0.0526. The third kappa shape index (κ3) is 2.39. The predicted molar refractivity (Wildman–Crippen MR) is 91.0 cm³/mol. The summed E-state index contributed by atoms with van der Waals surface area (Å²) in [6.45, 7) is 0. The van der Waals surface area contributed by atoms with Crippen LogP contribution in [0.1, 0.15) is 21.6 Å². The molecule has 2 aromatic carbocycles. The average Bonchev–Trinajstić information content (AvgIpc) is 3.14. The van der Waals surface area contributed by atoms with Gasteiger partial charge in [0.1, 0.15) is 0 Å². The Kier molecular flexibility index (Phi) is 3.36. The summed E-state index contributed by atoms with van der Waals surface area (Å²) in [7, 11) is 0. The van der Waals surface area contributed by atoms with Crippen molar-refractivity contribution in [2.45, 2.75) is 6.42 Å². The molecule has 4 rings (SSSR count). The van der Waals surface area contributed by atoms with Gasteiger partial charge in [-0.3, -0.25) is 4.79 Å². The number of carbonyl (C=O) groups is 1. The van der Waals surface area contributed by atoms with Crippen molar-refractivity contribution in [3.05, 3.63) is 88.2 Å². The smallest absolute Gasteiger partial charge is 0.189 e. The van der Waals surface area contributed by atoms with Gasteiger partial charge in [-0.15, -0.1) is 0 Å². The molecular formula is C19H13ClN2O. The predicted octanol–water partition coefficient (Wildman–Crippen LogP) is 4.35. The van der Waals surface area contributed by atoms with Crippen LogP contribution in [0, 0.1) is 0 Å². The monoisotopic (exact) mass is 320 g/mol. The van der Waals surface area contributed by atoms with E-state index in [4.69, 9.17) is 11.6 Å². The lowest BCUT2D eigenvalue weighted by molar-refractivity contribution is 0.104. The number of ketones is 1. The van der Waals surface area contributed by atoms with Gasteiger partial charge in [0, 0.05) is 17.6 Å². The van der Waals surface area contributed by atoms with E-state index in [-0.39, 0.29) is 5.78 Å². The van der Waals surface area contributed by atoms with Crippen LogP contribution < -0.4 is 0 Å². The van der Waals surface area contributed by atoms with E-state index in [1.807, 2.05) is 60.7 Å². The molecule has 0 unspecified atom stereocenters. The van der Waals surface area contributed by atoms with Crippen molar-refractivity contribution < 1.29 is 4.79 Å². The molecule has 0 aliphatic heterocycles. The highest BCUT2D eigenvalue weighted by molar-refractivity contribution is 6.32. The molecule has 3 aromatic rings. The van der Waals surface area contributed by atoms with E-state index in [2.05, 4.69) is 5.10 Å². The Labute approximate surface area is 138 Å². The topological polar surface area (TPSA) is 34.9 Å². The average molecular weight is 321 g/mol. The molecule has 4 heteroatoms. The Bertz CT molecular complexity index is 940. The van der Waals surface area contributed by atoms with Crippen molar-refractivity contribution in [1.29, 1.82) is 0 Å². The summed E-state index contributed by atoms with van der Waals surface area (Å²) in [5.41, 5.74) is 4.29. The number of para-hydroxylation sites is 1. The summed E-state index contributed by atoms with van der Waals surface area (Å²) < 4.78 is 1.76. The second-order valence-electron chi connectivity index (χ2n) is 5.45. The lowest BCUT2D eigenvalue weighted by atomic mass is 10.1. The lowest BCUT2D eigenvalue weighted by Crippen LogP contribution is -2.01. The number of halogens is 1. The number of nitrogens with zero attached hydrogens (tertiary/aromatic N) is 2. The van der Waals surface area contributed by atoms with Crippen molar-refractivity contribution >= 4 is 23.5 Å². The zero-order valence-electron chi connectivity index (χ0n) is 12.2. The molecule has 0 saturated heterocycles. The summed E-state index contributed by atoms with van der Waals surface area (Å²) >= 11 is 6.26. The first-order chi connectivity index (χ1) is 11.2. The van der Waals surface area contributed by atoms with Gasteiger partial charge in [0.2, 0.25) is 0 Å². The molecule has 0 spiro atoms. The van der Waals surface area contributed by atoms with Crippen LogP contribution in [0.5, 0.6) is 0 Å². The third-order valence-corrected chi connectivity index (χ3v) is 4.33. The van der Waals surface area contributed by atoms with Gasteiger partial charge in [-0.1, -0.05) is 48.0 Å². The Hall–Kier alpha value is -2.65. The van der Waals surface area contributed by atoms with Gasteiger partial charge < -0.3 is 0 Å². The van der Waals surface area contributed by atoms with Crippen molar-refractivity contribution in [2.75, 3.05) is 0 Å². The van der Waals surface area contributed by atoms with E-state index in [0.717, 1.165) is 28.1 Å². The molecule has 1 aliphatic carbocycles. The van der Waals surface area contributed by atoms with Gasteiger partial charge in [0.15, 0.2) is 5.78 Å². The summed E-state index contributed by atoms with van der Waals surface area (Å²) in [5.74, 6) is 0.0903. The zero-order chi connectivity index (χ0) is 15.8. The van der Waals surface area contributed by atoms with E-state index >= 15 is 0 Å². The minimum atomic E-state index is 0.0903. The zero-order valence-corrected chi connectivity index (χ0v) is 13.0. The fourth-order valence-electron chi connectivity index (χ4n) is 2.90. The van der Waals surface area contributed by atoms with E-state index < -0.39 is 0 Å². The molecule has 0 N–H and O–H groups in total. The van der Waals surface area contributed by atoms with Crippen LogP contribution in [0.4, 0.5) is 0 Å². The molecule has 1 aromatic heterocycles. The summed E-state index contributed by atoms with van der Waals surface area (Å²) in [5, 5.41) is 4.96. The largest absolute Gasteiger partial charge is 0.289 e. The SMILES string of the molecule is O=C1C(=Cc2ccnn2-c2ccccc2Cl)Cc2ccccc21. The van der Waals surface area contributed by atoms with Gasteiger partial charge in [-0.2, -0.15) is 5.10 Å². The number of Topliss-reactive ketones (excluding diaryl/α,β-unsaturated/α-hetero) is 1. The maximum Gasteiger partial charge on any atom is 0.189 e. The summed E-state index contributed by atoms with van der Waals surface area (Å²) in [6.07, 6.45) is 4.27. The van der Waals surface area contributed by atoms with Crippen molar-refractivity contribution in [1.82, 2.24) is 9.78 Å². The highest BCUT2D eigenvalue weighted by atomic mass is 35.5. The molecule has 0 atom stereocenters. The van der Waals surface area contributed by atoms with Gasteiger partial charge in [0.25, 0.3) is 0 Å². The van der Waals surface area contributed by atoms with Gasteiger partial charge in [0.05, 0.1) is 22.6 Å². The van der Waals surface area contributed by atoms with Crippen molar-refractivity contribution in [3.63, 3.8) is 0 Å². The number of aromatic nitrogens is 2. The maximum absolute atomic E-state index is 12.5. The Morgan fingerprint density at radius 1 is 1.04 bits per heavy atom. The Morgan fingerprint density at radius 3 is 2.65 bits per heavy atom. The molecule has 112 valence electrons. The first-order valence-corrected chi connectivity index (χ1v) is 7.74. The molecule has 0 saturated carbocycles. The number of rotatable bonds is 2. The van der Waals surface area contributed by atoms with Gasteiger partial charge in [-0.25, -0.2) is 4.68 Å². The van der Waals surface area contributed by atoms with E-state index in [1.165, 1.54) is 0 Å². The molecular weight excluding hydrogens is 308 g/mol. The molecule has 1 aliphatic rings. The number of fused-ring (bicyclic) bond motifs is 1. The quantitative estimate of drug-likeness (QED) is 0.658. The van der Waals surface area contributed by atoms with Crippen LogP contribution in [0.15, 0.2) is 66.4 Å². The first kappa shape index (κ1) is 14.0. The second-order valence-corrected chi connectivity index (χ2v) is 5.86. The number of benzene rings is 2. The minimum Gasteiger partial charge on any atom is -0.289 e. The van der Waals surface area contributed by atoms with Crippen LogP contribution in [-0.2, 0) is 6.42 Å². The first-order valence-electron chi connectivity index (χ1n) is 7.36. The Balaban J connectivity index is 1.76. The van der Waals surface area contributed by atoms with Crippen LogP contribution in [0.2, 0.25) is 5.02 Å². The maximum atomic E-state index is 12.5. The van der Waals surface area contributed by atoms with Crippen LogP contribution in [0.3, 0.4) is 0 Å². The fourth-order valence-corrected chi connectivity index (χ4v) is 3.11. The Morgan fingerprint density at radius 2 is 1.83 bits per heavy atom. The summed E-state index contributed by atoms with van der Waals surface area (Å²) in [4.78, 5) is 12.5. The van der Waals surface area contributed by atoms with Crippen molar-refractivity contribution in [3.8, 4) is 5.69 Å². The van der Waals surface area contributed by atoms with Crippen LogP contribution in [0.25, 0.3) is 11.8 Å². The molecule has 3 nitrogen and oxygen atoms in total. The van der Waals surface area contributed by atoms with Gasteiger partial charge in [-0.05, 0) is 29.8 Å². The van der Waals surface area contributed by atoms with E-state index in [9.17, 15) is 4.79 Å². The number of carbonyl (C=O) groups excluding carboxylic acids is 1. The molecule has 0 fully saturated rings. The molecule has 23 heavy (non-hydrogen) atoms. The second kappa shape index (κ2) is 5.52. The highest BCUT2D eigenvalue weighted by Gasteiger charge is 2.24. The number of hydrogen-bond donors (Lipinski definition) is 0. The number of allylic oxidation sites excluding steroid dienone is 1.